The van der Waals surface area contributed by atoms with Crippen LogP contribution in [0, 0.1) is 5.92 Å². The highest BCUT2D eigenvalue weighted by molar-refractivity contribution is 5.77. The van der Waals surface area contributed by atoms with Gasteiger partial charge < -0.3 is 10.0 Å². The number of carbonyl (C=O) groups excluding carboxylic acids is 1. The average Bonchev–Trinajstić information content (AvgIpc) is 2.49. The van der Waals surface area contributed by atoms with Crippen LogP contribution in [0.3, 0.4) is 0 Å². The van der Waals surface area contributed by atoms with Crippen molar-refractivity contribution < 1.29 is 23.1 Å². The second-order valence-electron chi connectivity index (χ2n) is 6.36. The molecule has 1 fully saturated rings. The van der Waals surface area contributed by atoms with Crippen molar-refractivity contribution in [1.82, 2.24) is 4.90 Å². The van der Waals surface area contributed by atoms with Crippen LogP contribution >= 0.6 is 0 Å². The van der Waals surface area contributed by atoms with E-state index in [1.807, 2.05) is 6.92 Å². The van der Waals surface area contributed by atoms with Gasteiger partial charge in [-0.05, 0) is 29.9 Å². The molecule has 1 aromatic carbocycles. The topological polar surface area (TPSA) is 40.5 Å². The Kier molecular flexibility index (Phi) is 5.34. The fraction of sp³-hybridized carbons (Fsp3) is 0.588. The number of piperidine rings is 1. The van der Waals surface area contributed by atoms with Gasteiger partial charge in [-0.3, -0.25) is 4.79 Å². The highest BCUT2D eigenvalue weighted by Crippen LogP contribution is 2.36. The maximum absolute atomic E-state index is 13.1. The Morgan fingerprint density at radius 3 is 2.65 bits per heavy atom. The van der Waals surface area contributed by atoms with Gasteiger partial charge in [0.2, 0.25) is 5.91 Å². The van der Waals surface area contributed by atoms with Crippen molar-refractivity contribution in [1.29, 1.82) is 0 Å². The number of halogens is 3. The van der Waals surface area contributed by atoms with E-state index in [9.17, 15) is 23.1 Å². The number of aliphatic hydroxyl groups excluding tert-OH is 1. The van der Waals surface area contributed by atoms with E-state index >= 15 is 0 Å². The van der Waals surface area contributed by atoms with Gasteiger partial charge >= 0.3 is 6.18 Å². The summed E-state index contributed by atoms with van der Waals surface area (Å²) in [5.74, 6) is -0.598. The van der Waals surface area contributed by atoms with Crippen molar-refractivity contribution >= 4 is 5.91 Å². The van der Waals surface area contributed by atoms with E-state index in [1.54, 1.807) is 17.9 Å². The van der Waals surface area contributed by atoms with Gasteiger partial charge in [-0.2, -0.15) is 13.2 Å². The van der Waals surface area contributed by atoms with Crippen LogP contribution in [0.15, 0.2) is 24.3 Å². The zero-order valence-electron chi connectivity index (χ0n) is 13.3. The third kappa shape index (κ3) is 4.25. The molecular formula is C17H22F3NO2. The molecule has 2 rings (SSSR count). The highest BCUT2D eigenvalue weighted by Gasteiger charge is 2.35. The van der Waals surface area contributed by atoms with Crippen LogP contribution in [-0.2, 0) is 11.0 Å². The van der Waals surface area contributed by atoms with Crippen LogP contribution in [0.1, 0.15) is 43.7 Å². The van der Waals surface area contributed by atoms with Crippen molar-refractivity contribution in [3.8, 4) is 0 Å². The SMILES string of the molecule is CC(CC(=O)N1CCC(C)C(O)C1)c1ccccc1C(F)(F)F. The predicted molar refractivity (Wildman–Crippen MR) is 80.8 cm³/mol. The quantitative estimate of drug-likeness (QED) is 0.923. The van der Waals surface area contributed by atoms with E-state index in [-0.39, 0.29) is 30.4 Å². The molecular weight excluding hydrogens is 307 g/mol. The zero-order chi connectivity index (χ0) is 17.2. The van der Waals surface area contributed by atoms with Crippen LogP contribution < -0.4 is 0 Å². The van der Waals surface area contributed by atoms with E-state index < -0.39 is 23.8 Å². The lowest BCUT2D eigenvalue weighted by Crippen LogP contribution is -2.46. The van der Waals surface area contributed by atoms with E-state index in [0.29, 0.717) is 13.0 Å². The van der Waals surface area contributed by atoms with Gasteiger partial charge in [0.25, 0.3) is 0 Å². The number of rotatable bonds is 3. The van der Waals surface area contributed by atoms with E-state index in [4.69, 9.17) is 0 Å². The Bertz CT molecular complexity index is 559. The molecule has 1 aliphatic heterocycles. The largest absolute Gasteiger partial charge is 0.416 e. The molecule has 1 aromatic rings. The Morgan fingerprint density at radius 2 is 2.04 bits per heavy atom. The average molecular weight is 329 g/mol. The summed E-state index contributed by atoms with van der Waals surface area (Å²) in [6, 6.07) is 5.37. The molecule has 1 aliphatic rings. The third-order valence-electron chi connectivity index (χ3n) is 4.55. The molecule has 0 bridgehead atoms. The van der Waals surface area contributed by atoms with E-state index in [2.05, 4.69) is 0 Å². The monoisotopic (exact) mass is 329 g/mol. The molecule has 6 heteroatoms. The number of likely N-dealkylation sites (tertiary alicyclic amines) is 1. The molecule has 0 aliphatic carbocycles. The number of benzene rings is 1. The van der Waals surface area contributed by atoms with Crippen LogP contribution in [0.2, 0.25) is 0 Å². The zero-order valence-corrected chi connectivity index (χ0v) is 13.3. The van der Waals surface area contributed by atoms with Crippen LogP contribution in [0.25, 0.3) is 0 Å². The van der Waals surface area contributed by atoms with Gasteiger partial charge in [-0.25, -0.2) is 0 Å². The van der Waals surface area contributed by atoms with Crippen molar-refractivity contribution in [3.63, 3.8) is 0 Å². The maximum atomic E-state index is 13.1. The Labute approximate surface area is 134 Å². The normalized spacial score (nSPS) is 23.7. The first-order chi connectivity index (χ1) is 10.7. The summed E-state index contributed by atoms with van der Waals surface area (Å²) in [4.78, 5) is 13.9. The molecule has 1 saturated heterocycles. The van der Waals surface area contributed by atoms with Gasteiger partial charge in [0.15, 0.2) is 0 Å². The lowest BCUT2D eigenvalue weighted by molar-refractivity contribution is -0.139. The van der Waals surface area contributed by atoms with E-state index in [1.165, 1.54) is 12.1 Å². The minimum atomic E-state index is -4.43. The predicted octanol–water partition coefficient (Wildman–Crippen LogP) is 3.43. The van der Waals surface area contributed by atoms with Crippen molar-refractivity contribution in [2.75, 3.05) is 13.1 Å². The molecule has 1 N–H and O–H groups in total. The van der Waals surface area contributed by atoms with Gasteiger partial charge in [-0.1, -0.05) is 32.0 Å². The number of amides is 1. The summed E-state index contributed by atoms with van der Waals surface area (Å²) < 4.78 is 39.2. The fourth-order valence-electron chi connectivity index (χ4n) is 2.96. The summed E-state index contributed by atoms with van der Waals surface area (Å²) in [5.41, 5.74) is -0.549. The number of hydrogen-bond acceptors (Lipinski definition) is 2. The lowest BCUT2D eigenvalue weighted by Gasteiger charge is -2.35. The highest BCUT2D eigenvalue weighted by atomic mass is 19.4. The minimum absolute atomic E-state index is 0.00813. The van der Waals surface area contributed by atoms with Crippen molar-refractivity contribution in [2.45, 2.75) is 44.9 Å². The second kappa shape index (κ2) is 6.91. The number of alkyl halides is 3. The standard InChI is InChI=1S/C17H22F3NO2/c1-11-7-8-21(10-15(11)22)16(23)9-12(2)13-5-3-4-6-14(13)17(18,19)20/h3-6,11-12,15,22H,7-10H2,1-2H3. The summed E-state index contributed by atoms with van der Waals surface area (Å²) in [5, 5.41) is 9.86. The summed E-state index contributed by atoms with van der Waals surface area (Å²) >= 11 is 0. The van der Waals surface area contributed by atoms with Crippen LogP contribution in [0.4, 0.5) is 13.2 Å². The van der Waals surface area contributed by atoms with Crippen molar-refractivity contribution in [3.05, 3.63) is 35.4 Å². The smallest absolute Gasteiger partial charge is 0.391 e. The molecule has 3 atom stereocenters. The summed E-state index contributed by atoms with van der Waals surface area (Å²) in [6.07, 6.45) is -4.27. The van der Waals surface area contributed by atoms with Crippen LogP contribution in [-0.4, -0.2) is 35.1 Å². The molecule has 128 valence electrons. The molecule has 3 unspecified atom stereocenters. The number of nitrogens with zero attached hydrogens (tertiary/aromatic N) is 1. The molecule has 1 heterocycles. The lowest BCUT2D eigenvalue weighted by atomic mass is 9.91. The van der Waals surface area contributed by atoms with Gasteiger partial charge in [0.1, 0.15) is 0 Å². The number of carbonyl (C=O) groups is 1. The molecule has 0 spiro atoms. The molecule has 1 amide bonds. The Balaban J connectivity index is 2.08. The van der Waals surface area contributed by atoms with Crippen LogP contribution in [0.5, 0.6) is 0 Å². The maximum Gasteiger partial charge on any atom is 0.416 e. The van der Waals surface area contributed by atoms with Crippen molar-refractivity contribution in [2.24, 2.45) is 5.92 Å². The Morgan fingerprint density at radius 1 is 1.39 bits per heavy atom. The first-order valence-corrected chi connectivity index (χ1v) is 7.82. The molecule has 3 nitrogen and oxygen atoms in total. The minimum Gasteiger partial charge on any atom is -0.391 e. The first kappa shape index (κ1) is 17.8. The molecule has 0 aromatic heterocycles. The first-order valence-electron chi connectivity index (χ1n) is 7.82. The number of aliphatic hydroxyl groups is 1. The van der Waals surface area contributed by atoms with Gasteiger partial charge in [-0.15, -0.1) is 0 Å². The second-order valence-corrected chi connectivity index (χ2v) is 6.36. The third-order valence-corrected chi connectivity index (χ3v) is 4.55. The van der Waals surface area contributed by atoms with Gasteiger partial charge in [0, 0.05) is 19.5 Å². The molecule has 23 heavy (non-hydrogen) atoms. The summed E-state index contributed by atoms with van der Waals surface area (Å²) in [6.45, 7) is 4.36. The molecule has 0 saturated carbocycles. The van der Waals surface area contributed by atoms with E-state index in [0.717, 1.165) is 6.07 Å². The number of hydrogen-bond donors (Lipinski definition) is 1. The Hall–Kier alpha value is -1.56. The summed E-state index contributed by atoms with van der Waals surface area (Å²) in [7, 11) is 0. The van der Waals surface area contributed by atoms with Gasteiger partial charge in [0.05, 0.1) is 11.7 Å². The molecule has 0 radical (unpaired) electrons. The fourth-order valence-corrected chi connectivity index (χ4v) is 2.96. The number of β-amino-alcohol motifs (C(OH)–C–C–N with tert-alkyl or cyclic N) is 1.